The van der Waals surface area contributed by atoms with E-state index >= 15 is 0 Å². The lowest BCUT2D eigenvalue weighted by Gasteiger charge is -2.22. The summed E-state index contributed by atoms with van der Waals surface area (Å²) in [7, 11) is 1.70. The van der Waals surface area contributed by atoms with Gasteiger partial charge in [-0.1, -0.05) is 42.5 Å². The molecule has 1 aliphatic heterocycles. The molecule has 0 saturated carbocycles. The van der Waals surface area contributed by atoms with Gasteiger partial charge in [-0.25, -0.2) is 10.3 Å². The van der Waals surface area contributed by atoms with Crippen LogP contribution in [0.5, 0.6) is 5.75 Å². The number of fused-ring (bicyclic) bond motifs is 1. The number of methoxy groups -OCH3 is 1. The van der Waals surface area contributed by atoms with Crippen molar-refractivity contribution in [2.45, 2.75) is 51.2 Å². The zero-order valence-electron chi connectivity index (χ0n) is 20.2. The van der Waals surface area contributed by atoms with Crippen molar-refractivity contribution in [3.63, 3.8) is 0 Å². The molecule has 1 unspecified atom stereocenters. The first-order valence-electron chi connectivity index (χ1n) is 12.3. The van der Waals surface area contributed by atoms with Crippen molar-refractivity contribution < 1.29 is 23.8 Å². The minimum Gasteiger partial charge on any atom is -0.489 e. The van der Waals surface area contributed by atoms with Crippen LogP contribution in [0.3, 0.4) is 0 Å². The zero-order chi connectivity index (χ0) is 23.8. The number of benzene rings is 2. The summed E-state index contributed by atoms with van der Waals surface area (Å²) in [5, 5.41) is 5.68. The van der Waals surface area contributed by atoms with E-state index in [1.165, 1.54) is 11.0 Å². The van der Waals surface area contributed by atoms with Crippen LogP contribution in [-0.2, 0) is 19.1 Å². The van der Waals surface area contributed by atoms with E-state index in [0.29, 0.717) is 26.2 Å². The van der Waals surface area contributed by atoms with E-state index in [0.717, 1.165) is 62.8 Å². The second kappa shape index (κ2) is 15.5. The molecule has 1 aliphatic rings. The lowest BCUT2D eigenvalue weighted by Crippen LogP contribution is -2.32. The Bertz CT molecular complexity index is 890. The third-order valence-corrected chi connectivity index (χ3v) is 5.73. The molecule has 7 heteroatoms. The van der Waals surface area contributed by atoms with Crippen LogP contribution in [-0.4, -0.2) is 52.2 Å². The first-order chi connectivity index (χ1) is 16.8. The Morgan fingerprint density at radius 2 is 2.03 bits per heavy atom. The summed E-state index contributed by atoms with van der Waals surface area (Å²) in [5.74, 6) is 0.790. The Balaban J connectivity index is 1.42. The lowest BCUT2D eigenvalue weighted by atomic mass is 10.1. The van der Waals surface area contributed by atoms with Gasteiger partial charge in [0.25, 0.3) is 0 Å². The summed E-state index contributed by atoms with van der Waals surface area (Å²) in [6.45, 7) is 3.40. The van der Waals surface area contributed by atoms with Crippen LogP contribution < -0.4 is 15.5 Å². The van der Waals surface area contributed by atoms with Crippen molar-refractivity contribution in [2.24, 2.45) is 0 Å². The van der Waals surface area contributed by atoms with Gasteiger partial charge >= 0.3 is 0 Å². The van der Waals surface area contributed by atoms with E-state index in [1.807, 2.05) is 24.3 Å². The van der Waals surface area contributed by atoms with Gasteiger partial charge in [-0.15, -0.1) is 0 Å². The third-order valence-electron chi connectivity index (χ3n) is 5.73. The van der Waals surface area contributed by atoms with Crippen molar-refractivity contribution >= 4 is 16.7 Å². The number of amides is 1. The average Bonchev–Trinajstić information content (AvgIpc) is 2.88. The number of nitrogens with one attached hydrogen (secondary N) is 2. The van der Waals surface area contributed by atoms with Gasteiger partial charge in [0.15, 0.2) is 6.29 Å². The zero-order valence-corrected chi connectivity index (χ0v) is 20.2. The predicted molar refractivity (Wildman–Crippen MR) is 134 cm³/mol. The van der Waals surface area contributed by atoms with Crippen LogP contribution in [0.4, 0.5) is 0 Å². The molecule has 2 aromatic carbocycles. The Labute approximate surface area is 202 Å². The van der Waals surface area contributed by atoms with Gasteiger partial charge < -0.3 is 19.5 Å². The maximum absolute atomic E-state index is 12.0. The summed E-state index contributed by atoms with van der Waals surface area (Å²) in [4.78, 5) is 17.3. The number of allylic oxidation sites excluding steroid dienone is 1. The van der Waals surface area contributed by atoms with Crippen LogP contribution in [0.15, 0.2) is 54.1 Å². The number of ether oxygens (including phenoxy) is 3. The summed E-state index contributed by atoms with van der Waals surface area (Å²) >= 11 is 0. The third kappa shape index (κ3) is 9.43. The lowest BCUT2D eigenvalue weighted by molar-refractivity contribution is -0.200. The fourth-order valence-corrected chi connectivity index (χ4v) is 3.82. The van der Waals surface area contributed by atoms with Crippen molar-refractivity contribution in [3.8, 4) is 5.75 Å². The second-order valence-electron chi connectivity index (χ2n) is 8.48. The molecule has 1 amide bonds. The number of unbranched alkanes of at least 4 members (excludes halogenated alkanes) is 2. The molecule has 186 valence electrons. The highest BCUT2D eigenvalue weighted by Crippen LogP contribution is 2.25. The minimum absolute atomic E-state index is 0.0982. The molecule has 2 N–H and O–H groups in total. The monoisotopic (exact) mass is 470 g/mol. The van der Waals surface area contributed by atoms with Crippen LogP contribution in [0.25, 0.3) is 10.8 Å². The maximum Gasteiger partial charge on any atom is 0.243 e. The van der Waals surface area contributed by atoms with E-state index < -0.39 is 0 Å². The van der Waals surface area contributed by atoms with E-state index in [9.17, 15) is 4.79 Å². The maximum atomic E-state index is 12.0. The normalized spacial score (nSPS) is 16.5. The first kappa shape index (κ1) is 26.2. The number of hydrogen-bond donors (Lipinski definition) is 2. The largest absolute Gasteiger partial charge is 0.489 e. The van der Waals surface area contributed by atoms with Crippen molar-refractivity contribution in [1.82, 2.24) is 10.8 Å². The molecular formula is C27H38N2O5. The Morgan fingerprint density at radius 3 is 2.88 bits per heavy atom. The summed E-state index contributed by atoms with van der Waals surface area (Å²) in [6.07, 6.45) is 7.90. The fraction of sp³-hybridized carbons (Fsp3) is 0.519. The Kier molecular flexibility index (Phi) is 11.9. The van der Waals surface area contributed by atoms with Gasteiger partial charge in [0, 0.05) is 45.0 Å². The molecule has 1 fully saturated rings. The van der Waals surface area contributed by atoms with E-state index in [2.05, 4.69) is 35.1 Å². The van der Waals surface area contributed by atoms with Crippen LogP contribution in [0, 0.1) is 0 Å². The smallest absolute Gasteiger partial charge is 0.243 e. The molecule has 1 heterocycles. The molecule has 1 atom stereocenters. The average molecular weight is 471 g/mol. The number of hydroxylamine groups is 1. The molecule has 0 spiro atoms. The number of carbonyl (C=O) groups excluding carboxylic acids is 1. The highest BCUT2D eigenvalue weighted by atomic mass is 16.8. The van der Waals surface area contributed by atoms with Gasteiger partial charge in [-0.3, -0.25) is 4.79 Å². The molecule has 1 saturated heterocycles. The van der Waals surface area contributed by atoms with Crippen LogP contribution in [0.2, 0.25) is 0 Å². The first-order valence-corrected chi connectivity index (χ1v) is 12.3. The molecule has 2 aromatic rings. The minimum atomic E-state index is -0.310. The number of hydrogen-bond acceptors (Lipinski definition) is 6. The molecule has 0 bridgehead atoms. The Morgan fingerprint density at radius 1 is 1.15 bits per heavy atom. The van der Waals surface area contributed by atoms with Gasteiger partial charge in [0.1, 0.15) is 12.4 Å². The van der Waals surface area contributed by atoms with Gasteiger partial charge in [-0.05, 0) is 49.1 Å². The molecular weight excluding hydrogens is 432 g/mol. The van der Waals surface area contributed by atoms with Gasteiger partial charge in [-0.2, -0.15) is 0 Å². The molecule has 0 radical (unpaired) electrons. The van der Waals surface area contributed by atoms with Crippen molar-refractivity contribution in [3.05, 3.63) is 54.1 Å². The summed E-state index contributed by atoms with van der Waals surface area (Å²) < 4.78 is 16.8. The van der Waals surface area contributed by atoms with E-state index in [1.54, 1.807) is 7.11 Å². The van der Waals surface area contributed by atoms with Crippen LogP contribution >= 0.6 is 0 Å². The molecule has 7 nitrogen and oxygen atoms in total. The molecule has 0 aliphatic carbocycles. The SMILES string of the molecule is COCCNC/C(=C/CCCCC(=O)NOC1CCCCO1)COc1cccc2ccccc12. The summed E-state index contributed by atoms with van der Waals surface area (Å²) in [6, 6.07) is 14.4. The van der Waals surface area contributed by atoms with Gasteiger partial charge in [0.05, 0.1) is 6.61 Å². The standard InChI is InChI=1S/C27H38N2O5/c1-31-19-17-28-20-22(21-33-25-14-9-12-23-11-5-6-13-24(23)25)10-3-2-4-15-26(30)29-34-27-16-7-8-18-32-27/h5-6,9-14,27-28H,2-4,7-8,15-21H2,1H3,(H,29,30)/b22-10-. The van der Waals surface area contributed by atoms with Crippen LogP contribution in [0.1, 0.15) is 44.9 Å². The number of carbonyl (C=O) groups is 1. The van der Waals surface area contributed by atoms with Crippen molar-refractivity contribution in [2.75, 3.05) is 40.0 Å². The quantitative estimate of drug-likeness (QED) is 0.226. The van der Waals surface area contributed by atoms with E-state index in [-0.39, 0.29) is 12.2 Å². The van der Waals surface area contributed by atoms with Crippen molar-refractivity contribution in [1.29, 1.82) is 0 Å². The summed E-state index contributed by atoms with van der Waals surface area (Å²) in [5.41, 5.74) is 3.71. The Hall–Kier alpha value is -2.45. The molecule has 0 aromatic heterocycles. The predicted octanol–water partition coefficient (Wildman–Crippen LogP) is 4.52. The highest BCUT2D eigenvalue weighted by Gasteiger charge is 2.15. The molecule has 34 heavy (non-hydrogen) atoms. The highest BCUT2D eigenvalue weighted by molar-refractivity contribution is 5.88. The second-order valence-corrected chi connectivity index (χ2v) is 8.48. The topological polar surface area (TPSA) is 78.1 Å². The van der Waals surface area contributed by atoms with E-state index in [4.69, 9.17) is 19.0 Å². The number of rotatable bonds is 15. The molecule has 3 rings (SSSR count). The fourth-order valence-electron chi connectivity index (χ4n) is 3.82. The van der Waals surface area contributed by atoms with Gasteiger partial charge in [0.2, 0.25) is 5.91 Å².